The lowest BCUT2D eigenvalue weighted by Crippen LogP contribution is -2.57. The van der Waals surface area contributed by atoms with Crippen LogP contribution in [0.5, 0.6) is 0 Å². The summed E-state index contributed by atoms with van der Waals surface area (Å²) in [6, 6.07) is 28.4. The summed E-state index contributed by atoms with van der Waals surface area (Å²) in [6.07, 6.45) is -0.474. The smallest absolute Gasteiger partial charge is 0.410 e. The van der Waals surface area contributed by atoms with Crippen molar-refractivity contribution in [2.45, 2.75) is 84.2 Å². The van der Waals surface area contributed by atoms with Crippen LogP contribution in [0.25, 0.3) is 21.7 Å². The molecule has 4 aromatic rings. The summed E-state index contributed by atoms with van der Waals surface area (Å²) >= 11 is 1.60. The van der Waals surface area contributed by atoms with Gasteiger partial charge in [-0.3, -0.25) is 4.79 Å². The van der Waals surface area contributed by atoms with Gasteiger partial charge in [-0.25, -0.2) is 14.6 Å². The molecule has 4 atom stereocenters. The molecule has 2 saturated heterocycles. The van der Waals surface area contributed by atoms with Crippen LogP contribution in [0.3, 0.4) is 0 Å². The van der Waals surface area contributed by atoms with Gasteiger partial charge in [0.15, 0.2) is 0 Å². The Morgan fingerprint density at radius 2 is 1.46 bits per heavy atom. The number of carbonyl (C=O) groups is 3. The average molecular weight is 695 g/mol. The Bertz CT molecular complexity index is 1740. The molecule has 0 saturated carbocycles. The van der Waals surface area contributed by atoms with Gasteiger partial charge in [-0.1, -0.05) is 112 Å². The van der Waals surface area contributed by atoms with Crippen molar-refractivity contribution in [1.29, 1.82) is 0 Å². The summed E-state index contributed by atoms with van der Waals surface area (Å²) < 4.78 is 11.4. The highest BCUT2D eigenvalue weighted by Gasteiger charge is 2.55. The highest BCUT2D eigenvalue weighted by molar-refractivity contribution is 7.15. The number of nitrogens with zero attached hydrogens (tertiary/aromatic N) is 3. The Labute approximate surface area is 298 Å². The molecule has 6 rings (SSSR count). The normalized spacial score (nSPS) is 19.5. The van der Waals surface area contributed by atoms with E-state index in [1.54, 1.807) is 37.0 Å². The third kappa shape index (κ3) is 7.70. The lowest BCUT2D eigenvalue weighted by atomic mass is 9.85. The highest BCUT2D eigenvalue weighted by atomic mass is 32.1. The van der Waals surface area contributed by atoms with Gasteiger partial charge in [0, 0.05) is 18.7 Å². The molecule has 2 fully saturated rings. The molecule has 0 bridgehead atoms. The summed E-state index contributed by atoms with van der Waals surface area (Å²) in [7, 11) is 0. The van der Waals surface area contributed by atoms with E-state index in [1.807, 2.05) is 92.4 Å². The predicted octanol–water partition coefficient (Wildman–Crippen LogP) is 8.12. The first-order chi connectivity index (χ1) is 23.8. The van der Waals surface area contributed by atoms with Crippen molar-refractivity contribution in [3.05, 3.63) is 102 Å². The lowest BCUT2D eigenvalue weighted by Gasteiger charge is -2.37. The molecular weight excluding hydrogens is 649 g/mol. The summed E-state index contributed by atoms with van der Waals surface area (Å²) in [5, 5.41) is 3.73. The number of hydrogen-bond donors (Lipinski definition) is 1. The third-order valence-corrected chi connectivity index (χ3v) is 10.4. The number of fused-ring (bicyclic) bond motifs is 1. The number of alkyl carbamates (subject to hydrolysis) is 1. The van der Waals surface area contributed by atoms with Crippen molar-refractivity contribution in [1.82, 2.24) is 20.1 Å². The first-order valence-electron chi connectivity index (χ1n) is 17.2. The molecule has 0 aliphatic carbocycles. The van der Waals surface area contributed by atoms with Crippen LogP contribution in [0, 0.1) is 5.41 Å². The van der Waals surface area contributed by atoms with Crippen LogP contribution in [-0.2, 0) is 20.9 Å². The van der Waals surface area contributed by atoms with Crippen LogP contribution in [0.1, 0.15) is 64.5 Å². The summed E-state index contributed by atoms with van der Waals surface area (Å²) in [5.41, 5.74) is 2.49. The maximum absolute atomic E-state index is 14.6. The Morgan fingerprint density at radius 3 is 2.06 bits per heavy atom. The van der Waals surface area contributed by atoms with Crippen LogP contribution >= 0.6 is 11.3 Å². The number of hydrogen-bond acceptors (Lipinski definition) is 7. The van der Waals surface area contributed by atoms with Crippen molar-refractivity contribution >= 4 is 29.4 Å². The van der Waals surface area contributed by atoms with E-state index < -0.39 is 29.2 Å². The minimum atomic E-state index is -0.855. The van der Waals surface area contributed by atoms with E-state index in [-0.39, 0.29) is 30.5 Å². The van der Waals surface area contributed by atoms with E-state index >= 15 is 0 Å². The predicted molar refractivity (Wildman–Crippen MR) is 196 cm³/mol. The molecule has 9 nitrogen and oxygen atoms in total. The fourth-order valence-electron chi connectivity index (χ4n) is 6.89. The van der Waals surface area contributed by atoms with Crippen LogP contribution in [0.2, 0.25) is 0 Å². The Morgan fingerprint density at radius 1 is 0.860 bits per heavy atom. The second-order valence-electron chi connectivity index (χ2n) is 15.1. The maximum Gasteiger partial charge on any atom is 0.410 e. The van der Waals surface area contributed by atoms with Crippen molar-refractivity contribution in [3.8, 4) is 21.7 Å². The van der Waals surface area contributed by atoms with Gasteiger partial charge in [0.05, 0.1) is 28.6 Å². The summed E-state index contributed by atoms with van der Waals surface area (Å²) in [6.45, 7) is 12.1. The molecular formula is C40H46N4O5S. The number of nitrogens with one attached hydrogen (secondary N) is 1. The zero-order chi connectivity index (χ0) is 35.6. The number of thiazole rings is 1. The SMILES string of the molecule is CC(C)(C)OC(=O)N[C@H](C(=O)N1CC[C@@H]2[C@H]1[C@@H](c1nc(-c3ccccc3)c(-c3ccccc3)s1)CN2C(=O)OCc1ccccc1)C(C)(C)C. The van der Waals surface area contributed by atoms with Gasteiger partial charge in [-0.15, -0.1) is 11.3 Å². The van der Waals surface area contributed by atoms with Gasteiger partial charge in [-0.05, 0) is 43.7 Å². The standard InChI is InChI=1S/C40H46N4O5S/c1-39(2,3)34(42-37(46)49-40(4,5)6)36(45)43-23-22-30-32(43)29(24-44(30)38(47)48-25-26-16-10-7-11-17-26)35-41-31(27-18-12-8-13-19-27)33(50-35)28-20-14-9-15-21-28/h7-21,29-30,32,34H,22-25H2,1-6H3,(H,42,46)/t29-,30+,32+,34+/m0/s1. The fraction of sp³-hybridized carbons (Fsp3) is 0.400. The molecule has 2 aliphatic heterocycles. The number of rotatable bonds is 7. The van der Waals surface area contributed by atoms with Crippen LogP contribution in [-0.4, -0.2) is 69.7 Å². The Kier molecular flexibility index (Phi) is 10.0. The Balaban J connectivity index is 1.37. The van der Waals surface area contributed by atoms with Gasteiger partial charge in [-0.2, -0.15) is 0 Å². The molecule has 10 heteroatoms. The van der Waals surface area contributed by atoms with Crippen molar-refractivity contribution < 1.29 is 23.9 Å². The molecule has 3 heterocycles. The number of amides is 3. The number of carbonyl (C=O) groups excluding carboxylic acids is 3. The van der Waals surface area contributed by atoms with E-state index in [0.29, 0.717) is 19.5 Å². The number of likely N-dealkylation sites (tertiary alicyclic amines) is 2. The van der Waals surface area contributed by atoms with E-state index in [1.165, 1.54) is 0 Å². The molecule has 0 spiro atoms. The molecule has 3 amide bonds. The fourth-order valence-corrected chi connectivity index (χ4v) is 8.11. The molecule has 1 aromatic heterocycles. The number of aromatic nitrogens is 1. The second kappa shape index (κ2) is 14.3. The zero-order valence-corrected chi connectivity index (χ0v) is 30.4. The topological polar surface area (TPSA) is 101 Å². The van der Waals surface area contributed by atoms with Crippen LogP contribution in [0.4, 0.5) is 9.59 Å². The molecule has 1 N–H and O–H groups in total. The van der Waals surface area contributed by atoms with E-state index in [0.717, 1.165) is 32.3 Å². The third-order valence-electron chi connectivity index (χ3n) is 9.17. The highest BCUT2D eigenvalue weighted by Crippen LogP contribution is 2.47. The zero-order valence-electron chi connectivity index (χ0n) is 29.6. The van der Waals surface area contributed by atoms with E-state index in [4.69, 9.17) is 14.5 Å². The van der Waals surface area contributed by atoms with E-state index in [2.05, 4.69) is 29.6 Å². The molecule has 262 valence electrons. The number of benzene rings is 3. The molecule has 0 radical (unpaired) electrons. The minimum Gasteiger partial charge on any atom is -0.445 e. The maximum atomic E-state index is 14.6. The average Bonchev–Trinajstić information content (AvgIpc) is 3.81. The second-order valence-corrected chi connectivity index (χ2v) is 16.1. The lowest BCUT2D eigenvalue weighted by molar-refractivity contribution is -0.137. The molecule has 0 unspecified atom stereocenters. The van der Waals surface area contributed by atoms with Gasteiger partial charge < -0.3 is 24.6 Å². The van der Waals surface area contributed by atoms with Gasteiger partial charge in [0.2, 0.25) is 5.91 Å². The molecule has 3 aromatic carbocycles. The minimum absolute atomic E-state index is 0.153. The van der Waals surface area contributed by atoms with E-state index in [9.17, 15) is 14.4 Å². The largest absolute Gasteiger partial charge is 0.445 e. The number of ether oxygens (including phenoxy) is 2. The first kappa shape index (κ1) is 35.1. The van der Waals surface area contributed by atoms with Gasteiger partial charge in [0.1, 0.15) is 23.3 Å². The van der Waals surface area contributed by atoms with Crippen LogP contribution in [0.15, 0.2) is 91.0 Å². The summed E-state index contributed by atoms with van der Waals surface area (Å²) in [5.74, 6) is -0.480. The van der Waals surface area contributed by atoms with Crippen molar-refractivity contribution in [2.75, 3.05) is 13.1 Å². The van der Waals surface area contributed by atoms with Gasteiger partial charge in [0.25, 0.3) is 0 Å². The van der Waals surface area contributed by atoms with Gasteiger partial charge >= 0.3 is 12.2 Å². The monoisotopic (exact) mass is 694 g/mol. The van der Waals surface area contributed by atoms with Crippen molar-refractivity contribution in [2.24, 2.45) is 5.41 Å². The molecule has 50 heavy (non-hydrogen) atoms. The molecule has 2 aliphatic rings. The first-order valence-corrected chi connectivity index (χ1v) is 18.0. The van der Waals surface area contributed by atoms with Crippen LogP contribution < -0.4 is 5.32 Å². The quantitative estimate of drug-likeness (QED) is 0.210. The summed E-state index contributed by atoms with van der Waals surface area (Å²) in [4.78, 5) is 51.4. The van der Waals surface area contributed by atoms with Crippen molar-refractivity contribution in [3.63, 3.8) is 0 Å². The Hall–Kier alpha value is -4.70.